The quantitative estimate of drug-likeness (QED) is 0.0335. The first-order valence-electron chi connectivity index (χ1n) is 16.4. The van der Waals surface area contributed by atoms with Gasteiger partial charge in [-0.05, 0) is 68.4 Å². The molecule has 1 amide bonds. The molecule has 0 fully saturated rings. The van der Waals surface area contributed by atoms with Gasteiger partial charge < -0.3 is 14.6 Å². The molecular weight excluding hydrogens is 646 g/mol. The molecule has 0 radical (unpaired) electrons. The zero-order chi connectivity index (χ0) is 35.5. The molecule has 0 bridgehead atoms. The second-order valence-electron chi connectivity index (χ2n) is 11.8. The summed E-state index contributed by atoms with van der Waals surface area (Å²) in [5, 5.41) is 19.0. The number of amides is 1. The highest BCUT2D eigenvalue weighted by Crippen LogP contribution is 2.44. The molecule has 0 aromatic heterocycles. The van der Waals surface area contributed by atoms with E-state index in [1.54, 1.807) is 48.5 Å². The highest BCUT2D eigenvalue weighted by atomic mass is 16.5. The van der Waals surface area contributed by atoms with E-state index in [2.05, 4.69) is 30.9 Å². The summed E-state index contributed by atoms with van der Waals surface area (Å²) in [7, 11) is 0. The van der Waals surface area contributed by atoms with Gasteiger partial charge in [-0.1, -0.05) is 101 Å². The fraction of sp³-hybridized carbons (Fsp3) is 0.211. The van der Waals surface area contributed by atoms with Crippen molar-refractivity contribution in [2.45, 2.75) is 37.6 Å². The maximum Gasteiger partial charge on any atom is 0.266 e. The molecule has 5 aromatic carbocycles. The van der Waals surface area contributed by atoms with Crippen LogP contribution in [0.3, 0.4) is 0 Å². The van der Waals surface area contributed by atoms with Crippen LogP contribution in [0.1, 0.15) is 40.3 Å². The van der Waals surface area contributed by atoms with Gasteiger partial charge in [0.05, 0.1) is 13.2 Å². The molecule has 2 atom stereocenters. The third-order valence-electron chi connectivity index (χ3n) is 8.64. The lowest BCUT2D eigenvalue weighted by Crippen LogP contribution is -2.53. The van der Waals surface area contributed by atoms with Crippen molar-refractivity contribution >= 4 is 28.3 Å². The Morgan fingerprint density at radius 3 is 2.41 bits per heavy atom. The maximum absolute atomic E-state index is 14.8. The van der Waals surface area contributed by atoms with E-state index in [1.165, 1.54) is 0 Å². The number of aliphatic imine (C=N–C) groups is 1. The molecule has 0 saturated heterocycles. The average molecular weight is 682 g/mol. The number of carbonyl (C=O) groups excluding carboxylic acids is 1. The van der Waals surface area contributed by atoms with Crippen molar-refractivity contribution < 1.29 is 19.4 Å². The van der Waals surface area contributed by atoms with Crippen LogP contribution in [0.5, 0.6) is 5.75 Å². The first-order valence-corrected chi connectivity index (χ1v) is 16.4. The Morgan fingerprint density at radius 2 is 1.61 bits per heavy atom. The Hall–Kier alpha value is -6.36. The number of rotatable bonds is 15. The predicted molar refractivity (Wildman–Crippen MR) is 194 cm³/mol. The van der Waals surface area contributed by atoms with Crippen LogP contribution in [0, 0.1) is 0 Å². The number of aliphatic hydroxyl groups is 1. The van der Waals surface area contributed by atoms with Crippen molar-refractivity contribution in [2.75, 3.05) is 13.2 Å². The smallest absolute Gasteiger partial charge is 0.266 e. The Balaban J connectivity index is 1.43. The number of azide groups is 2. The van der Waals surface area contributed by atoms with E-state index in [0.717, 1.165) is 16.3 Å². The van der Waals surface area contributed by atoms with Gasteiger partial charge in [0.25, 0.3) is 5.91 Å². The second-order valence-corrected chi connectivity index (χ2v) is 11.8. The van der Waals surface area contributed by atoms with Crippen molar-refractivity contribution in [2.24, 2.45) is 15.2 Å². The summed E-state index contributed by atoms with van der Waals surface area (Å²) in [6.45, 7) is 0.728. The summed E-state index contributed by atoms with van der Waals surface area (Å²) < 4.78 is 12.4. The number of hydrazine groups is 1. The van der Waals surface area contributed by atoms with Crippen LogP contribution in [0.15, 0.2) is 130 Å². The van der Waals surface area contributed by atoms with Crippen molar-refractivity contribution in [3.63, 3.8) is 0 Å². The predicted octanol–water partition coefficient (Wildman–Crippen LogP) is 7.67. The van der Waals surface area contributed by atoms with Gasteiger partial charge >= 0.3 is 0 Å². The summed E-state index contributed by atoms with van der Waals surface area (Å²) in [4.78, 5) is 25.8. The number of carbonyl (C=O) groups is 1. The van der Waals surface area contributed by atoms with Crippen LogP contribution in [0.2, 0.25) is 0 Å². The van der Waals surface area contributed by atoms with E-state index >= 15 is 0 Å². The lowest BCUT2D eigenvalue weighted by Gasteiger charge is -2.32. The Kier molecular flexibility index (Phi) is 11.1. The van der Waals surface area contributed by atoms with Gasteiger partial charge in [-0.15, -0.1) is 0 Å². The second kappa shape index (κ2) is 16.4. The average Bonchev–Trinajstić information content (AvgIpc) is 3.55. The minimum Gasteiger partial charge on any atom is -0.494 e. The molecule has 51 heavy (non-hydrogen) atoms. The largest absolute Gasteiger partial charge is 0.494 e. The van der Waals surface area contributed by atoms with Gasteiger partial charge in [0.15, 0.2) is 11.6 Å². The van der Waals surface area contributed by atoms with Gasteiger partial charge in [0.1, 0.15) is 5.75 Å². The molecule has 1 heterocycles. The van der Waals surface area contributed by atoms with Crippen LogP contribution in [0.25, 0.3) is 31.7 Å². The van der Waals surface area contributed by atoms with Gasteiger partial charge in [-0.2, -0.15) is 0 Å². The molecule has 1 aliphatic heterocycles. The van der Waals surface area contributed by atoms with Gasteiger partial charge in [0.2, 0.25) is 5.90 Å². The van der Waals surface area contributed by atoms with Crippen molar-refractivity contribution in [1.82, 2.24) is 10.9 Å². The molecule has 5 aromatic rings. The monoisotopic (exact) mass is 681 g/mol. The normalized spacial score (nSPS) is 16.3. The number of nitrogens with one attached hydrogen (secondary N) is 2. The third-order valence-corrected chi connectivity index (χ3v) is 8.64. The maximum atomic E-state index is 14.8. The Bertz CT molecular complexity index is 2140. The molecule has 13 heteroatoms. The van der Waals surface area contributed by atoms with Crippen LogP contribution < -0.4 is 15.6 Å². The number of hydrogen-bond acceptors (Lipinski definition) is 8. The molecule has 13 nitrogen and oxygen atoms in total. The zero-order valence-corrected chi connectivity index (χ0v) is 27.6. The van der Waals surface area contributed by atoms with Gasteiger partial charge in [0, 0.05) is 47.1 Å². The van der Waals surface area contributed by atoms with Crippen molar-refractivity contribution in [3.8, 4) is 5.75 Å². The summed E-state index contributed by atoms with van der Waals surface area (Å²) in [5.74, 6) is 0.332. The number of hydrogen-bond donors (Lipinski definition) is 3. The van der Waals surface area contributed by atoms with E-state index < -0.39 is 17.6 Å². The third kappa shape index (κ3) is 7.78. The molecule has 3 N–H and O–H groups in total. The first-order chi connectivity index (χ1) is 25.1. The highest BCUT2D eigenvalue weighted by molar-refractivity contribution is 6.01. The number of fused-ring (bicyclic) bond motifs is 1. The van der Waals surface area contributed by atoms with E-state index in [0.29, 0.717) is 53.3 Å². The standard InChI is InChI=1S/C38H35N9O4/c39-46-42-25-30-11-2-5-15-33(30)35-38(23-28-10-3-6-16-34(28)44-47-40,43-36(51-35)27-17-19-31(20-18-27)50-22-8-21-48)37(49)45-41-24-29-13-7-12-26-9-1-4-14-32(26)29/h1-7,9-20,35,41,48H,8,21-25H2,(H,45,49)/t35-,38-/m0/s1. The molecule has 0 unspecified atom stereocenters. The van der Waals surface area contributed by atoms with E-state index in [9.17, 15) is 10.3 Å². The van der Waals surface area contributed by atoms with Crippen LogP contribution in [-0.2, 0) is 29.0 Å². The first kappa shape index (κ1) is 34.5. The molecular formula is C38H35N9O4. The fourth-order valence-electron chi connectivity index (χ4n) is 6.17. The van der Waals surface area contributed by atoms with Gasteiger partial charge in [-0.25, -0.2) is 10.4 Å². The number of benzene rings is 5. The van der Waals surface area contributed by atoms with Crippen LogP contribution in [-0.4, -0.2) is 35.7 Å². The summed E-state index contributed by atoms with van der Waals surface area (Å²) in [5.41, 5.74) is 26.7. The van der Waals surface area contributed by atoms with Gasteiger partial charge in [-0.3, -0.25) is 10.2 Å². The highest BCUT2D eigenvalue weighted by Gasteiger charge is 2.54. The summed E-state index contributed by atoms with van der Waals surface area (Å²) >= 11 is 0. The number of aliphatic hydroxyl groups excluding tert-OH is 1. The van der Waals surface area contributed by atoms with E-state index in [1.807, 2.05) is 66.7 Å². The van der Waals surface area contributed by atoms with Crippen LogP contribution >= 0.6 is 0 Å². The summed E-state index contributed by atoms with van der Waals surface area (Å²) in [6, 6.07) is 35.4. The topological polar surface area (TPSA) is 190 Å². The minimum atomic E-state index is -1.63. The number of nitrogens with zero attached hydrogens (tertiary/aromatic N) is 7. The molecule has 0 spiro atoms. The fourth-order valence-corrected chi connectivity index (χ4v) is 6.17. The zero-order valence-electron chi connectivity index (χ0n) is 27.6. The SMILES string of the molecule is [N-]=[N+]=NCc1ccccc1[C@@H]1OC(c2ccc(OCCCO)cc2)=N[C@]1(Cc1ccccc1N=[N+]=[N-])C(=O)NNCc1cccc2ccccc12. The van der Waals surface area contributed by atoms with E-state index in [4.69, 9.17) is 25.1 Å². The van der Waals surface area contributed by atoms with Crippen LogP contribution in [0.4, 0.5) is 5.69 Å². The Morgan fingerprint density at radius 1 is 0.882 bits per heavy atom. The molecule has 0 saturated carbocycles. The minimum absolute atomic E-state index is 0.00362. The van der Waals surface area contributed by atoms with Crippen molar-refractivity contribution in [3.05, 3.63) is 164 Å². The lowest BCUT2D eigenvalue weighted by atomic mass is 9.80. The lowest BCUT2D eigenvalue weighted by molar-refractivity contribution is -0.130. The molecule has 0 aliphatic carbocycles. The number of ether oxygens (including phenoxy) is 2. The molecule has 256 valence electrons. The van der Waals surface area contributed by atoms with Crippen molar-refractivity contribution in [1.29, 1.82) is 0 Å². The molecule has 1 aliphatic rings. The van der Waals surface area contributed by atoms with E-state index in [-0.39, 0.29) is 25.5 Å². The molecule has 6 rings (SSSR count). The summed E-state index contributed by atoms with van der Waals surface area (Å²) in [6.07, 6.45) is -0.495. The Labute approximate surface area is 293 Å².